The van der Waals surface area contributed by atoms with Crippen LogP contribution in [0.5, 0.6) is 0 Å². The first-order chi connectivity index (χ1) is 18.1. The van der Waals surface area contributed by atoms with Crippen LogP contribution >= 0.6 is 11.6 Å². The van der Waals surface area contributed by atoms with Crippen LogP contribution < -0.4 is 5.32 Å². The lowest BCUT2D eigenvalue weighted by Gasteiger charge is -2.30. The summed E-state index contributed by atoms with van der Waals surface area (Å²) in [7, 11) is 0. The van der Waals surface area contributed by atoms with Gasteiger partial charge in [0.15, 0.2) is 0 Å². The molecule has 0 unspecified atom stereocenters. The van der Waals surface area contributed by atoms with Crippen molar-refractivity contribution in [1.29, 1.82) is 0 Å². The summed E-state index contributed by atoms with van der Waals surface area (Å²) < 4.78 is 5.45. The van der Waals surface area contributed by atoms with Crippen LogP contribution in [0.4, 0.5) is 0 Å². The summed E-state index contributed by atoms with van der Waals surface area (Å²) in [5.41, 5.74) is 3.27. The van der Waals surface area contributed by atoms with Crippen LogP contribution in [0.3, 0.4) is 0 Å². The van der Waals surface area contributed by atoms with E-state index in [1.54, 1.807) is 0 Å². The summed E-state index contributed by atoms with van der Waals surface area (Å²) in [4.78, 5) is 22.1. The van der Waals surface area contributed by atoms with Crippen molar-refractivity contribution in [2.24, 2.45) is 5.92 Å². The van der Waals surface area contributed by atoms with E-state index in [9.17, 15) is 4.79 Å². The molecule has 0 saturated carbocycles. The zero-order chi connectivity index (χ0) is 25.5. The van der Waals surface area contributed by atoms with Crippen LogP contribution in [0.1, 0.15) is 55.5 Å². The Balaban J connectivity index is 1.04. The van der Waals surface area contributed by atoms with E-state index < -0.39 is 0 Å². The van der Waals surface area contributed by atoms with Gasteiger partial charge in [0.25, 0.3) is 0 Å². The standard InChI is InChI=1S/C29H36ClN5O2/c30-26-8-4-3-7-25(26)28-32-27(37-33-28)21-35-17-13-24(14-18-35)29(36)31-19-22-9-11-23(12-10-22)20-34-15-5-1-2-6-16-34/h3-4,7-12,24H,1-2,5-6,13-21H2,(H,31,36). The number of aromatic nitrogens is 2. The molecule has 7 nitrogen and oxygen atoms in total. The Morgan fingerprint density at radius 3 is 2.30 bits per heavy atom. The van der Waals surface area contributed by atoms with Crippen molar-refractivity contribution in [2.45, 2.75) is 58.2 Å². The summed E-state index contributed by atoms with van der Waals surface area (Å²) in [6.07, 6.45) is 6.99. The first-order valence-corrected chi connectivity index (χ1v) is 13.9. The van der Waals surface area contributed by atoms with Crippen molar-refractivity contribution in [2.75, 3.05) is 26.2 Å². The van der Waals surface area contributed by atoms with Gasteiger partial charge in [-0.3, -0.25) is 14.6 Å². The Morgan fingerprint density at radius 2 is 1.57 bits per heavy atom. The van der Waals surface area contributed by atoms with Gasteiger partial charge >= 0.3 is 0 Å². The highest BCUT2D eigenvalue weighted by Gasteiger charge is 2.26. The van der Waals surface area contributed by atoms with Crippen molar-refractivity contribution in [1.82, 2.24) is 25.3 Å². The molecule has 196 valence electrons. The third kappa shape index (κ3) is 7.18. The molecule has 2 aliphatic rings. The highest BCUT2D eigenvalue weighted by molar-refractivity contribution is 6.33. The highest BCUT2D eigenvalue weighted by atomic mass is 35.5. The van der Waals surface area contributed by atoms with Gasteiger partial charge in [-0.05, 0) is 75.1 Å². The Hall–Kier alpha value is -2.74. The van der Waals surface area contributed by atoms with Crippen molar-refractivity contribution < 1.29 is 9.32 Å². The third-order valence-corrected chi connectivity index (χ3v) is 7.82. The molecule has 3 heterocycles. The number of halogens is 1. The Labute approximate surface area is 224 Å². The minimum absolute atomic E-state index is 0.0416. The van der Waals surface area contributed by atoms with E-state index in [2.05, 4.69) is 49.5 Å². The number of hydrogen-bond acceptors (Lipinski definition) is 6. The maximum absolute atomic E-state index is 12.8. The minimum atomic E-state index is 0.0416. The molecule has 0 bridgehead atoms. The molecule has 1 aromatic heterocycles. The fraction of sp³-hybridized carbons (Fsp3) is 0.483. The first kappa shape index (κ1) is 25.9. The maximum Gasteiger partial charge on any atom is 0.241 e. The molecule has 0 spiro atoms. The molecular weight excluding hydrogens is 486 g/mol. The Kier molecular flexibility index (Phi) is 8.87. The number of benzene rings is 2. The van der Waals surface area contributed by atoms with Crippen LogP contribution in [0.25, 0.3) is 11.4 Å². The third-order valence-electron chi connectivity index (χ3n) is 7.49. The van der Waals surface area contributed by atoms with Crippen molar-refractivity contribution in [3.8, 4) is 11.4 Å². The van der Waals surface area contributed by atoms with Gasteiger partial charge in [0.1, 0.15) is 0 Å². The summed E-state index contributed by atoms with van der Waals surface area (Å²) in [5.74, 6) is 1.26. The van der Waals surface area contributed by atoms with Crippen LogP contribution in [0.2, 0.25) is 5.02 Å². The molecule has 2 fully saturated rings. The second-order valence-corrected chi connectivity index (χ2v) is 10.7. The predicted molar refractivity (Wildman–Crippen MR) is 145 cm³/mol. The molecular formula is C29H36ClN5O2. The molecule has 0 atom stereocenters. The molecule has 5 rings (SSSR count). The number of nitrogens with zero attached hydrogens (tertiary/aromatic N) is 4. The second kappa shape index (κ2) is 12.7. The van der Waals surface area contributed by atoms with Gasteiger partial charge < -0.3 is 9.84 Å². The van der Waals surface area contributed by atoms with E-state index in [-0.39, 0.29) is 11.8 Å². The SMILES string of the molecule is O=C(NCc1ccc(CN2CCCCCC2)cc1)C1CCN(Cc2nc(-c3ccccc3Cl)no2)CC1. The summed E-state index contributed by atoms with van der Waals surface area (Å²) >= 11 is 6.25. The lowest BCUT2D eigenvalue weighted by atomic mass is 9.96. The molecule has 8 heteroatoms. The van der Waals surface area contributed by atoms with Gasteiger partial charge in [-0.1, -0.05) is 66.0 Å². The van der Waals surface area contributed by atoms with E-state index >= 15 is 0 Å². The minimum Gasteiger partial charge on any atom is -0.352 e. The number of piperidine rings is 1. The fourth-order valence-corrected chi connectivity index (χ4v) is 5.48. The highest BCUT2D eigenvalue weighted by Crippen LogP contribution is 2.26. The number of carbonyl (C=O) groups excluding carboxylic acids is 1. The quantitative estimate of drug-likeness (QED) is 0.434. The van der Waals surface area contributed by atoms with E-state index in [4.69, 9.17) is 16.1 Å². The van der Waals surface area contributed by atoms with Gasteiger partial charge in [-0.15, -0.1) is 0 Å². The average Bonchev–Trinajstić information content (AvgIpc) is 3.23. The molecule has 1 N–H and O–H groups in total. The zero-order valence-electron chi connectivity index (χ0n) is 21.4. The monoisotopic (exact) mass is 521 g/mol. The number of rotatable bonds is 8. The van der Waals surface area contributed by atoms with Crippen LogP contribution in [0, 0.1) is 5.92 Å². The molecule has 37 heavy (non-hydrogen) atoms. The molecule has 2 saturated heterocycles. The van der Waals surface area contributed by atoms with Gasteiger partial charge in [0.05, 0.1) is 11.6 Å². The van der Waals surface area contributed by atoms with Crippen LogP contribution in [-0.4, -0.2) is 52.0 Å². The lowest BCUT2D eigenvalue weighted by Crippen LogP contribution is -2.40. The van der Waals surface area contributed by atoms with Crippen molar-refractivity contribution in [3.63, 3.8) is 0 Å². The van der Waals surface area contributed by atoms with Crippen LogP contribution in [-0.2, 0) is 24.4 Å². The van der Waals surface area contributed by atoms with Gasteiger partial charge in [0.2, 0.25) is 17.6 Å². The Morgan fingerprint density at radius 1 is 0.892 bits per heavy atom. The zero-order valence-corrected chi connectivity index (χ0v) is 22.1. The van der Waals surface area contributed by atoms with E-state index in [1.807, 2.05) is 24.3 Å². The van der Waals surface area contributed by atoms with E-state index in [0.717, 1.165) is 43.6 Å². The molecule has 2 aromatic carbocycles. The average molecular weight is 522 g/mol. The van der Waals surface area contributed by atoms with E-state index in [1.165, 1.54) is 44.3 Å². The van der Waals surface area contributed by atoms with Gasteiger partial charge in [-0.25, -0.2) is 0 Å². The normalized spacial score (nSPS) is 18.0. The largest absolute Gasteiger partial charge is 0.352 e. The Bertz CT molecular complexity index is 1150. The molecule has 0 aliphatic carbocycles. The predicted octanol–water partition coefficient (Wildman–Crippen LogP) is 5.29. The number of hydrogen-bond donors (Lipinski definition) is 1. The molecule has 3 aromatic rings. The molecule has 2 aliphatic heterocycles. The number of carbonyl (C=O) groups is 1. The summed E-state index contributed by atoms with van der Waals surface area (Å²) in [6, 6.07) is 16.2. The fourth-order valence-electron chi connectivity index (χ4n) is 5.26. The second-order valence-electron chi connectivity index (χ2n) is 10.3. The summed E-state index contributed by atoms with van der Waals surface area (Å²) in [6.45, 7) is 6.24. The first-order valence-electron chi connectivity index (χ1n) is 13.5. The molecule has 1 amide bonds. The van der Waals surface area contributed by atoms with Crippen molar-refractivity contribution >= 4 is 17.5 Å². The number of amides is 1. The van der Waals surface area contributed by atoms with E-state index in [0.29, 0.717) is 29.8 Å². The topological polar surface area (TPSA) is 74.5 Å². The lowest BCUT2D eigenvalue weighted by molar-refractivity contribution is -0.126. The van der Waals surface area contributed by atoms with Gasteiger partial charge in [-0.2, -0.15) is 4.98 Å². The smallest absolute Gasteiger partial charge is 0.241 e. The molecule has 0 radical (unpaired) electrons. The maximum atomic E-state index is 12.8. The number of nitrogens with one attached hydrogen (secondary N) is 1. The van der Waals surface area contributed by atoms with Crippen molar-refractivity contribution in [3.05, 3.63) is 70.6 Å². The van der Waals surface area contributed by atoms with Gasteiger partial charge in [0, 0.05) is 24.6 Å². The van der Waals surface area contributed by atoms with Crippen LogP contribution in [0.15, 0.2) is 53.1 Å². The number of likely N-dealkylation sites (tertiary alicyclic amines) is 2. The summed E-state index contributed by atoms with van der Waals surface area (Å²) in [5, 5.41) is 7.83.